The van der Waals surface area contributed by atoms with Gasteiger partial charge in [0.15, 0.2) is 0 Å². The molecule has 0 aliphatic heterocycles. The van der Waals surface area contributed by atoms with Crippen LogP contribution < -0.4 is 37.2 Å². The second-order valence-electron chi connectivity index (χ2n) is 9.65. The number of hydrogen-bond donors (Lipinski definition) is 0. The predicted octanol–water partition coefficient (Wildman–Crippen LogP) is -0.639. The van der Waals surface area contributed by atoms with Gasteiger partial charge in [0.25, 0.3) is 0 Å². The van der Waals surface area contributed by atoms with Gasteiger partial charge in [0.1, 0.15) is 0 Å². The second-order valence-corrected chi connectivity index (χ2v) is 9.65. The van der Waals surface area contributed by atoms with Gasteiger partial charge in [-0.2, -0.15) is 0 Å². The van der Waals surface area contributed by atoms with Crippen LogP contribution >= 0.6 is 0 Å². The van der Waals surface area contributed by atoms with Crippen LogP contribution in [0.1, 0.15) is 0 Å². The van der Waals surface area contributed by atoms with E-state index in [0.717, 1.165) is 65.4 Å². The van der Waals surface area contributed by atoms with Crippen molar-refractivity contribution in [2.45, 2.75) is 0 Å². The zero-order chi connectivity index (χ0) is 28.1. The van der Waals surface area contributed by atoms with E-state index in [1.807, 2.05) is 36.4 Å². The molecule has 0 N–H and O–H groups in total. The summed E-state index contributed by atoms with van der Waals surface area (Å²) in [6.45, 7) is 0. The Balaban J connectivity index is 0.000000180. The monoisotopic (exact) mass is 804 g/mol. The summed E-state index contributed by atoms with van der Waals surface area (Å²) < 4.78 is 0. The van der Waals surface area contributed by atoms with E-state index < -0.39 is 0 Å². The van der Waals surface area contributed by atoms with Crippen molar-refractivity contribution in [1.29, 1.82) is 0 Å². The first kappa shape index (κ1) is 36.7. The fourth-order valence-electron chi connectivity index (χ4n) is 5.04. The fourth-order valence-corrected chi connectivity index (χ4v) is 5.04. The van der Waals surface area contributed by atoms with Crippen LogP contribution in [0, 0.1) is 38.6 Å². The molecule has 0 spiro atoms. The summed E-state index contributed by atoms with van der Waals surface area (Å²) in [5.41, 5.74) is 5.86. The van der Waals surface area contributed by atoms with Gasteiger partial charge in [-0.25, -0.2) is 0 Å². The molecule has 6 heterocycles. The van der Waals surface area contributed by atoms with Crippen molar-refractivity contribution < 1.29 is 75.8 Å². The molecule has 0 saturated heterocycles. The third-order valence-electron chi connectivity index (χ3n) is 7.03. The number of aromatic nitrogens is 6. The smallest absolute Gasteiger partial charge is 1.00 e. The topological polar surface area (TPSA) is 77.3 Å². The molecule has 228 valence electrons. The average molecular weight is 806 g/mol. The van der Waals surface area contributed by atoms with E-state index in [2.05, 4.69) is 103 Å². The Kier molecular flexibility index (Phi) is 13.8. The summed E-state index contributed by atoms with van der Waals surface area (Å²) in [6, 6.07) is 36.4. The van der Waals surface area contributed by atoms with Crippen LogP contribution in [0.3, 0.4) is 0 Å². The van der Waals surface area contributed by atoms with E-state index in [4.69, 9.17) is 0 Å². The van der Waals surface area contributed by atoms with E-state index in [9.17, 15) is 0 Å². The summed E-state index contributed by atoms with van der Waals surface area (Å²) in [4.78, 5) is 26.1. The maximum Gasteiger partial charge on any atom is 3.00 e. The first-order valence-electron chi connectivity index (χ1n) is 13.6. The van der Waals surface area contributed by atoms with E-state index in [1.165, 1.54) is 0 Å². The summed E-state index contributed by atoms with van der Waals surface area (Å²) in [5.74, 6) is 0. The van der Waals surface area contributed by atoms with Gasteiger partial charge in [0, 0.05) is 69.5 Å². The number of fused-ring (bicyclic) bond motifs is 9. The van der Waals surface area contributed by atoms with Crippen molar-refractivity contribution in [3.05, 3.63) is 146 Å². The quantitative estimate of drug-likeness (QED) is 0.190. The van der Waals surface area contributed by atoms with Gasteiger partial charge in [-0.05, 0) is 36.4 Å². The molecule has 3 aromatic carbocycles. The molecule has 0 bridgehead atoms. The first-order chi connectivity index (χ1) is 20.8. The van der Waals surface area contributed by atoms with E-state index >= 15 is 0 Å². The molecule has 0 atom stereocenters. The molecule has 0 unspecified atom stereocenters. The van der Waals surface area contributed by atoms with Crippen LogP contribution in [0.25, 0.3) is 65.4 Å². The molecular weight excluding hydrogens is 782 g/mol. The summed E-state index contributed by atoms with van der Waals surface area (Å²) in [7, 11) is 0. The molecule has 46 heavy (non-hydrogen) atoms. The summed E-state index contributed by atoms with van der Waals surface area (Å²) >= 11 is 0. The van der Waals surface area contributed by atoms with Gasteiger partial charge >= 0.3 is 38.6 Å². The standard InChI is InChI=1S/3C12H8N2.3ClH.Tb/c3*1-3-9-5-6-10-4-2-8-14-12(10)11(9)13-7-1;;;;/h3*1-8H;3*1H;/q;;;;;;+3/p-3. The molecule has 0 aliphatic rings. The molecule has 6 aromatic heterocycles. The van der Waals surface area contributed by atoms with Crippen molar-refractivity contribution in [3.63, 3.8) is 0 Å². The van der Waals surface area contributed by atoms with E-state index in [-0.39, 0.29) is 75.8 Å². The van der Waals surface area contributed by atoms with Crippen LogP contribution in [-0.4, -0.2) is 29.9 Å². The Hall–Kier alpha value is -3.72. The van der Waals surface area contributed by atoms with Crippen molar-refractivity contribution in [3.8, 4) is 0 Å². The van der Waals surface area contributed by atoms with Gasteiger partial charge in [0.05, 0.1) is 33.1 Å². The third-order valence-corrected chi connectivity index (χ3v) is 7.03. The maximum absolute atomic E-state index is 4.35. The second kappa shape index (κ2) is 17.3. The van der Waals surface area contributed by atoms with Crippen molar-refractivity contribution in [2.75, 3.05) is 0 Å². The molecule has 0 saturated carbocycles. The molecule has 10 heteroatoms. The Bertz CT molecular complexity index is 1930. The van der Waals surface area contributed by atoms with Crippen molar-refractivity contribution in [1.82, 2.24) is 29.9 Å². The Morgan fingerprint density at radius 2 is 0.391 bits per heavy atom. The Morgan fingerprint density at radius 3 is 0.543 bits per heavy atom. The Morgan fingerprint density at radius 1 is 0.239 bits per heavy atom. The maximum atomic E-state index is 4.35. The zero-order valence-electron chi connectivity index (χ0n) is 24.0. The van der Waals surface area contributed by atoms with E-state index in [0.29, 0.717) is 0 Å². The predicted molar refractivity (Wildman–Crippen MR) is 171 cm³/mol. The van der Waals surface area contributed by atoms with Crippen LogP contribution in [0.5, 0.6) is 0 Å². The van der Waals surface area contributed by atoms with Gasteiger partial charge in [-0.15, -0.1) is 0 Å². The van der Waals surface area contributed by atoms with Gasteiger partial charge in [-0.1, -0.05) is 72.8 Å². The Labute approximate surface area is 314 Å². The van der Waals surface area contributed by atoms with Crippen molar-refractivity contribution in [2.24, 2.45) is 0 Å². The summed E-state index contributed by atoms with van der Waals surface area (Å²) in [5, 5.41) is 6.83. The number of hydrogen-bond acceptors (Lipinski definition) is 6. The van der Waals surface area contributed by atoms with E-state index in [1.54, 1.807) is 37.2 Å². The number of benzene rings is 3. The third kappa shape index (κ3) is 7.80. The van der Waals surface area contributed by atoms with Crippen LogP contribution in [0.15, 0.2) is 146 Å². The number of halogens is 3. The molecular formula is C36H24Cl3N6Tb. The minimum absolute atomic E-state index is 0. The van der Waals surface area contributed by atoms with Crippen LogP contribution in [-0.2, 0) is 0 Å². The summed E-state index contributed by atoms with van der Waals surface area (Å²) in [6.07, 6.45) is 10.8. The largest absolute Gasteiger partial charge is 3.00 e. The normalized spacial score (nSPS) is 9.91. The number of rotatable bonds is 0. The molecule has 0 amide bonds. The average Bonchev–Trinajstić information content (AvgIpc) is 3.09. The number of pyridine rings is 6. The number of nitrogens with zero attached hydrogens (tertiary/aromatic N) is 6. The van der Waals surface area contributed by atoms with Crippen LogP contribution in [0.2, 0.25) is 0 Å². The SMILES string of the molecule is [Cl-].[Cl-].[Cl-].[Tb+3].c1cnc2c(c1)ccc1cccnc12.c1cnc2c(c1)ccc1cccnc12.c1cnc2c(c1)ccc1cccnc12. The molecule has 0 fully saturated rings. The fraction of sp³-hybridized carbons (Fsp3) is 0. The van der Waals surface area contributed by atoms with Crippen LogP contribution in [0.4, 0.5) is 0 Å². The molecule has 0 aliphatic carbocycles. The minimum atomic E-state index is 0. The minimum Gasteiger partial charge on any atom is -1.00 e. The van der Waals surface area contributed by atoms with Gasteiger partial charge < -0.3 is 37.2 Å². The van der Waals surface area contributed by atoms with Crippen molar-refractivity contribution >= 4 is 65.4 Å². The molecule has 0 radical (unpaired) electrons. The molecule has 9 aromatic rings. The van der Waals surface area contributed by atoms with Gasteiger partial charge in [-0.3, -0.25) is 29.9 Å². The van der Waals surface area contributed by atoms with Gasteiger partial charge in [0.2, 0.25) is 0 Å². The zero-order valence-corrected chi connectivity index (χ0v) is 28.4. The molecule has 9 rings (SSSR count). The first-order valence-corrected chi connectivity index (χ1v) is 13.6. The molecule has 6 nitrogen and oxygen atoms in total.